The van der Waals surface area contributed by atoms with Gasteiger partial charge in [0.2, 0.25) is 0 Å². The maximum Gasteiger partial charge on any atom is 0.115 e. The van der Waals surface area contributed by atoms with Crippen molar-refractivity contribution in [3.63, 3.8) is 0 Å². The maximum absolute atomic E-state index is 8.98. The Labute approximate surface area is 60.3 Å². The van der Waals surface area contributed by atoms with Gasteiger partial charge < -0.3 is 10.8 Å². The van der Waals surface area contributed by atoms with E-state index in [1.807, 2.05) is 6.07 Å². The van der Waals surface area contributed by atoms with Gasteiger partial charge in [0.05, 0.1) is 0 Å². The first-order valence-electron chi connectivity index (χ1n) is 3.14. The van der Waals surface area contributed by atoms with Gasteiger partial charge in [0.15, 0.2) is 0 Å². The monoisotopic (exact) mass is 136 g/mol. The Balaban J connectivity index is 2.75. The fraction of sp³-hybridized carbons (Fsp3) is 0.125. The molecule has 53 valence electrons. The smallest absolute Gasteiger partial charge is 0.115 e. The van der Waals surface area contributed by atoms with E-state index < -0.39 is 0 Å². The molecule has 0 aliphatic carbocycles. The van der Waals surface area contributed by atoms with Crippen LogP contribution in [0.25, 0.3) is 0 Å². The summed E-state index contributed by atoms with van der Waals surface area (Å²) in [6.07, 6.45) is 0.703. The predicted octanol–water partition coefficient (Wildman–Crippen LogP) is 1.06. The van der Waals surface area contributed by atoms with Gasteiger partial charge in [0, 0.05) is 6.54 Å². The Bertz CT molecular complexity index is 210. The standard InChI is InChI=1S/C8H10NO/c9-5-4-7-2-1-3-8(10)6-7/h1-3,5-6,10H,4,9H2. The molecule has 3 N–H and O–H groups in total. The van der Waals surface area contributed by atoms with Crippen LogP contribution < -0.4 is 5.73 Å². The highest BCUT2D eigenvalue weighted by molar-refractivity contribution is 5.27. The summed E-state index contributed by atoms with van der Waals surface area (Å²) in [5.41, 5.74) is 6.23. The molecule has 0 amide bonds. The first-order chi connectivity index (χ1) is 4.83. The van der Waals surface area contributed by atoms with E-state index in [1.54, 1.807) is 24.7 Å². The third kappa shape index (κ3) is 1.74. The van der Waals surface area contributed by atoms with Gasteiger partial charge in [0.25, 0.3) is 0 Å². The number of phenols is 1. The number of phenolic OH excluding ortho intramolecular Hbond substituents is 1. The van der Waals surface area contributed by atoms with E-state index in [1.165, 1.54) is 0 Å². The maximum atomic E-state index is 8.98. The average Bonchev–Trinajstić information content (AvgIpc) is 1.88. The zero-order chi connectivity index (χ0) is 7.40. The van der Waals surface area contributed by atoms with Gasteiger partial charge in [-0.15, -0.1) is 0 Å². The lowest BCUT2D eigenvalue weighted by atomic mass is 10.1. The number of rotatable bonds is 2. The number of nitrogens with two attached hydrogens (primary N) is 1. The number of benzene rings is 1. The third-order valence-corrected chi connectivity index (χ3v) is 1.26. The van der Waals surface area contributed by atoms with E-state index in [9.17, 15) is 0 Å². The first kappa shape index (κ1) is 7.09. The van der Waals surface area contributed by atoms with Crippen molar-refractivity contribution >= 4 is 0 Å². The summed E-state index contributed by atoms with van der Waals surface area (Å²) < 4.78 is 0. The van der Waals surface area contributed by atoms with Crippen LogP contribution in [0.5, 0.6) is 5.75 Å². The lowest BCUT2D eigenvalue weighted by Crippen LogP contribution is -1.94. The highest BCUT2D eigenvalue weighted by atomic mass is 16.3. The van der Waals surface area contributed by atoms with Crippen LogP contribution >= 0.6 is 0 Å². The van der Waals surface area contributed by atoms with Gasteiger partial charge in [-0.1, -0.05) is 12.1 Å². The Hall–Kier alpha value is -1.02. The molecule has 1 radical (unpaired) electrons. The van der Waals surface area contributed by atoms with Crippen LogP contribution in [0.1, 0.15) is 5.56 Å². The summed E-state index contributed by atoms with van der Waals surface area (Å²) in [4.78, 5) is 0. The van der Waals surface area contributed by atoms with Crippen LogP contribution in [0.4, 0.5) is 0 Å². The first-order valence-corrected chi connectivity index (χ1v) is 3.14. The molecule has 2 nitrogen and oxygen atoms in total. The minimum absolute atomic E-state index is 0.291. The number of hydrogen-bond donors (Lipinski definition) is 2. The molecule has 1 aromatic carbocycles. The zero-order valence-electron chi connectivity index (χ0n) is 5.62. The van der Waals surface area contributed by atoms with Crippen molar-refractivity contribution in [2.24, 2.45) is 5.73 Å². The second-order valence-corrected chi connectivity index (χ2v) is 2.11. The lowest BCUT2D eigenvalue weighted by molar-refractivity contribution is 0.474. The van der Waals surface area contributed by atoms with Gasteiger partial charge in [0.1, 0.15) is 5.75 Å². The minimum Gasteiger partial charge on any atom is -0.508 e. The Morgan fingerprint density at radius 1 is 1.50 bits per heavy atom. The third-order valence-electron chi connectivity index (χ3n) is 1.26. The van der Waals surface area contributed by atoms with Crippen molar-refractivity contribution < 1.29 is 5.11 Å². The Morgan fingerprint density at radius 3 is 2.90 bits per heavy atom. The Kier molecular flexibility index (Phi) is 2.29. The van der Waals surface area contributed by atoms with Gasteiger partial charge in [-0.3, -0.25) is 0 Å². The normalized spacial score (nSPS) is 9.70. The van der Waals surface area contributed by atoms with E-state index in [0.717, 1.165) is 5.56 Å². The summed E-state index contributed by atoms with van der Waals surface area (Å²) in [5, 5.41) is 8.98. The van der Waals surface area contributed by atoms with E-state index in [0.29, 0.717) is 12.2 Å². The topological polar surface area (TPSA) is 46.2 Å². The zero-order valence-corrected chi connectivity index (χ0v) is 5.62. The largest absolute Gasteiger partial charge is 0.508 e. The van der Waals surface area contributed by atoms with Crippen molar-refractivity contribution in [3.8, 4) is 5.75 Å². The molecule has 10 heavy (non-hydrogen) atoms. The summed E-state index contributed by atoms with van der Waals surface area (Å²) in [6, 6.07) is 7.06. The van der Waals surface area contributed by atoms with E-state index in [4.69, 9.17) is 10.8 Å². The average molecular weight is 136 g/mol. The highest BCUT2D eigenvalue weighted by Gasteiger charge is 1.91. The van der Waals surface area contributed by atoms with Crippen LogP contribution in [0.15, 0.2) is 24.3 Å². The quantitative estimate of drug-likeness (QED) is 0.638. The summed E-state index contributed by atoms with van der Waals surface area (Å²) in [7, 11) is 0. The molecule has 1 aromatic rings. The Morgan fingerprint density at radius 2 is 2.30 bits per heavy atom. The molecule has 0 spiro atoms. The summed E-state index contributed by atoms with van der Waals surface area (Å²) >= 11 is 0. The van der Waals surface area contributed by atoms with Crippen molar-refractivity contribution in [2.45, 2.75) is 6.42 Å². The lowest BCUT2D eigenvalue weighted by Gasteiger charge is -1.96. The van der Waals surface area contributed by atoms with Crippen LogP contribution in [-0.2, 0) is 6.42 Å². The SMILES string of the molecule is N[CH]Cc1cccc(O)c1. The molecular formula is C8H10NO. The van der Waals surface area contributed by atoms with E-state index in [2.05, 4.69) is 0 Å². The second kappa shape index (κ2) is 3.22. The van der Waals surface area contributed by atoms with Crippen LogP contribution in [0.3, 0.4) is 0 Å². The van der Waals surface area contributed by atoms with Gasteiger partial charge in [-0.2, -0.15) is 0 Å². The molecule has 0 saturated heterocycles. The molecule has 0 aliphatic heterocycles. The van der Waals surface area contributed by atoms with E-state index >= 15 is 0 Å². The molecule has 0 bridgehead atoms. The molecule has 0 saturated carbocycles. The van der Waals surface area contributed by atoms with Crippen molar-refractivity contribution in [1.82, 2.24) is 0 Å². The number of aromatic hydroxyl groups is 1. The molecule has 0 heterocycles. The molecule has 0 fully saturated rings. The molecule has 0 unspecified atom stereocenters. The van der Waals surface area contributed by atoms with Crippen LogP contribution in [0, 0.1) is 6.54 Å². The van der Waals surface area contributed by atoms with Crippen LogP contribution in [-0.4, -0.2) is 5.11 Å². The molecule has 2 heteroatoms. The van der Waals surface area contributed by atoms with Gasteiger partial charge >= 0.3 is 0 Å². The number of hydrogen-bond acceptors (Lipinski definition) is 2. The second-order valence-electron chi connectivity index (χ2n) is 2.11. The molecule has 0 aromatic heterocycles. The summed E-state index contributed by atoms with van der Waals surface area (Å²) in [6.45, 7) is 1.56. The van der Waals surface area contributed by atoms with Gasteiger partial charge in [-0.25, -0.2) is 0 Å². The fourth-order valence-electron chi connectivity index (χ4n) is 0.820. The van der Waals surface area contributed by atoms with Crippen molar-refractivity contribution in [3.05, 3.63) is 36.4 Å². The van der Waals surface area contributed by atoms with Gasteiger partial charge in [-0.05, 0) is 24.1 Å². The summed E-state index contributed by atoms with van der Waals surface area (Å²) in [5.74, 6) is 0.291. The molecular weight excluding hydrogens is 126 g/mol. The highest BCUT2D eigenvalue weighted by Crippen LogP contribution is 2.10. The minimum atomic E-state index is 0.291. The molecule has 0 atom stereocenters. The van der Waals surface area contributed by atoms with Crippen molar-refractivity contribution in [1.29, 1.82) is 0 Å². The van der Waals surface area contributed by atoms with Crippen molar-refractivity contribution in [2.75, 3.05) is 0 Å². The molecule has 1 rings (SSSR count). The molecule has 0 aliphatic rings. The predicted molar refractivity (Wildman–Crippen MR) is 40.3 cm³/mol. The van der Waals surface area contributed by atoms with Crippen LogP contribution in [0.2, 0.25) is 0 Å². The fourth-order valence-corrected chi connectivity index (χ4v) is 0.820. The van der Waals surface area contributed by atoms with E-state index in [-0.39, 0.29) is 0 Å².